The SMILES string of the molecule is CC(C)C(C)CC(C(=O)O)=C(CCCCN1CCOCC1)C(=O)O. The fourth-order valence-corrected chi connectivity index (χ4v) is 2.75. The molecule has 0 aliphatic carbocycles. The van der Waals surface area contributed by atoms with E-state index in [4.69, 9.17) is 4.74 Å². The predicted molar refractivity (Wildman–Crippen MR) is 92.0 cm³/mol. The first-order valence-corrected chi connectivity index (χ1v) is 8.81. The summed E-state index contributed by atoms with van der Waals surface area (Å²) < 4.78 is 5.30. The van der Waals surface area contributed by atoms with Gasteiger partial charge in [-0.25, -0.2) is 9.59 Å². The van der Waals surface area contributed by atoms with Crippen LogP contribution in [0, 0.1) is 11.8 Å². The minimum atomic E-state index is -1.10. The van der Waals surface area contributed by atoms with E-state index in [9.17, 15) is 19.8 Å². The summed E-state index contributed by atoms with van der Waals surface area (Å²) in [5, 5.41) is 18.9. The number of carboxylic acids is 2. The molecule has 1 unspecified atom stereocenters. The van der Waals surface area contributed by atoms with Crippen molar-refractivity contribution >= 4 is 11.9 Å². The van der Waals surface area contributed by atoms with Gasteiger partial charge in [0.1, 0.15) is 0 Å². The van der Waals surface area contributed by atoms with Gasteiger partial charge in [-0.1, -0.05) is 20.8 Å². The van der Waals surface area contributed by atoms with Crippen LogP contribution < -0.4 is 0 Å². The van der Waals surface area contributed by atoms with E-state index in [1.165, 1.54) is 0 Å². The molecule has 2 N–H and O–H groups in total. The lowest BCUT2D eigenvalue weighted by molar-refractivity contribution is -0.136. The maximum Gasteiger partial charge on any atom is 0.332 e. The topological polar surface area (TPSA) is 87.1 Å². The van der Waals surface area contributed by atoms with Crippen LogP contribution in [0.4, 0.5) is 0 Å². The average molecular weight is 341 g/mol. The molecule has 6 nitrogen and oxygen atoms in total. The van der Waals surface area contributed by atoms with E-state index >= 15 is 0 Å². The molecule has 6 heteroatoms. The number of hydrogen-bond acceptors (Lipinski definition) is 4. The Hall–Kier alpha value is -1.40. The summed E-state index contributed by atoms with van der Waals surface area (Å²) in [4.78, 5) is 25.4. The van der Waals surface area contributed by atoms with Crippen LogP contribution in [-0.4, -0.2) is 59.9 Å². The number of hydrogen-bond donors (Lipinski definition) is 2. The minimum absolute atomic E-state index is 0.0649. The van der Waals surface area contributed by atoms with Crippen molar-refractivity contribution in [1.29, 1.82) is 0 Å². The molecule has 1 heterocycles. The van der Waals surface area contributed by atoms with Gasteiger partial charge in [-0.05, 0) is 44.1 Å². The maximum atomic E-state index is 11.5. The smallest absolute Gasteiger partial charge is 0.332 e. The molecule has 138 valence electrons. The number of unbranched alkanes of at least 4 members (excludes halogenated alkanes) is 1. The van der Waals surface area contributed by atoms with Crippen LogP contribution >= 0.6 is 0 Å². The van der Waals surface area contributed by atoms with E-state index < -0.39 is 11.9 Å². The third-order valence-electron chi connectivity index (χ3n) is 4.80. The summed E-state index contributed by atoms with van der Waals surface area (Å²) in [6, 6.07) is 0. The van der Waals surface area contributed by atoms with E-state index in [0.29, 0.717) is 25.2 Å². The van der Waals surface area contributed by atoms with Gasteiger partial charge in [-0.3, -0.25) is 4.90 Å². The molecule has 1 fully saturated rings. The first-order chi connectivity index (χ1) is 11.3. The molecular weight excluding hydrogens is 310 g/mol. The van der Waals surface area contributed by atoms with Crippen molar-refractivity contribution in [3.8, 4) is 0 Å². The van der Waals surface area contributed by atoms with E-state index in [1.807, 2.05) is 20.8 Å². The van der Waals surface area contributed by atoms with Gasteiger partial charge in [-0.2, -0.15) is 0 Å². The Labute approximate surface area is 144 Å². The average Bonchev–Trinajstić information content (AvgIpc) is 2.53. The van der Waals surface area contributed by atoms with Crippen LogP contribution in [0.15, 0.2) is 11.1 Å². The summed E-state index contributed by atoms with van der Waals surface area (Å²) in [5.41, 5.74) is 0.132. The van der Waals surface area contributed by atoms with E-state index in [1.54, 1.807) is 0 Å². The number of ether oxygens (including phenoxy) is 1. The molecule has 0 radical (unpaired) electrons. The highest BCUT2D eigenvalue weighted by atomic mass is 16.5. The second-order valence-electron chi connectivity index (χ2n) is 6.90. The molecule has 0 aromatic heterocycles. The summed E-state index contributed by atoms with van der Waals surface area (Å²) in [6.45, 7) is 10.2. The van der Waals surface area contributed by atoms with Crippen molar-refractivity contribution in [2.75, 3.05) is 32.8 Å². The van der Waals surface area contributed by atoms with Gasteiger partial charge >= 0.3 is 11.9 Å². The third kappa shape index (κ3) is 7.01. The Morgan fingerprint density at radius 3 is 2.08 bits per heavy atom. The van der Waals surface area contributed by atoms with Crippen molar-refractivity contribution < 1.29 is 24.5 Å². The lowest BCUT2D eigenvalue weighted by Crippen LogP contribution is -2.36. The molecule has 0 aromatic rings. The zero-order chi connectivity index (χ0) is 18.1. The standard InChI is InChI=1S/C18H31NO5/c1-13(2)14(3)12-16(18(22)23)15(17(20)21)6-4-5-7-19-8-10-24-11-9-19/h13-14H,4-12H2,1-3H3,(H,20,21)(H,22,23). The Morgan fingerprint density at radius 1 is 1.00 bits per heavy atom. The fraction of sp³-hybridized carbons (Fsp3) is 0.778. The van der Waals surface area contributed by atoms with Crippen molar-refractivity contribution in [2.24, 2.45) is 11.8 Å². The molecule has 0 saturated carbocycles. The second kappa shape index (κ2) is 10.5. The Morgan fingerprint density at radius 2 is 1.58 bits per heavy atom. The van der Waals surface area contributed by atoms with Crippen LogP contribution in [0.3, 0.4) is 0 Å². The monoisotopic (exact) mass is 341 g/mol. The Balaban J connectivity index is 2.63. The van der Waals surface area contributed by atoms with Gasteiger partial charge in [0, 0.05) is 24.2 Å². The predicted octanol–water partition coefficient (Wildman–Crippen LogP) is 2.64. The van der Waals surface area contributed by atoms with Crippen LogP contribution in [0.1, 0.15) is 46.5 Å². The highest BCUT2D eigenvalue weighted by molar-refractivity contribution is 5.98. The van der Waals surface area contributed by atoms with Gasteiger partial charge in [0.15, 0.2) is 0 Å². The first kappa shape index (κ1) is 20.6. The van der Waals surface area contributed by atoms with Crippen molar-refractivity contribution in [3.05, 3.63) is 11.1 Å². The molecule has 0 aromatic carbocycles. The summed E-state index contributed by atoms with van der Waals surface area (Å²) in [6.07, 6.45) is 2.17. The molecule has 1 aliphatic rings. The van der Waals surface area contributed by atoms with Gasteiger partial charge in [0.05, 0.1) is 13.2 Å². The zero-order valence-corrected chi connectivity index (χ0v) is 15.1. The minimum Gasteiger partial charge on any atom is -0.478 e. The second-order valence-corrected chi connectivity index (χ2v) is 6.90. The number of aliphatic carboxylic acids is 2. The summed E-state index contributed by atoms with van der Waals surface area (Å²) in [7, 11) is 0. The lowest BCUT2D eigenvalue weighted by Gasteiger charge is -2.26. The Kier molecular flexibility index (Phi) is 9.00. The van der Waals surface area contributed by atoms with Crippen LogP contribution in [0.25, 0.3) is 0 Å². The molecular formula is C18H31NO5. The highest BCUT2D eigenvalue weighted by Gasteiger charge is 2.23. The van der Waals surface area contributed by atoms with Gasteiger partial charge in [-0.15, -0.1) is 0 Å². The van der Waals surface area contributed by atoms with Crippen molar-refractivity contribution in [3.63, 3.8) is 0 Å². The summed E-state index contributed by atoms with van der Waals surface area (Å²) in [5.74, 6) is -1.75. The number of morpholine rings is 1. The van der Waals surface area contributed by atoms with E-state index in [2.05, 4.69) is 4.90 Å². The summed E-state index contributed by atoms with van der Waals surface area (Å²) >= 11 is 0. The van der Waals surface area contributed by atoms with E-state index in [-0.39, 0.29) is 17.1 Å². The molecule has 0 amide bonds. The van der Waals surface area contributed by atoms with Gasteiger partial charge < -0.3 is 14.9 Å². The number of rotatable bonds is 10. The largest absolute Gasteiger partial charge is 0.478 e. The normalized spacial score (nSPS) is 18.3. The first-order valence-electron chi connectivity index (χ1n) is 8.81. The highest BCUT2D eigenvalue weighted by Crippen LogP contribution is 2.24. The zero-order valence-electron chi connectivity index (χ0n) is 15.1. The van der Waals surface area contributed by atoms with Crippen LogP contribution in [-0.2, 0) is 14.3 Å². The molecule has 1 saturated heterocycles. The third-order valence-corrected chi connectivity index (χ3v) is 4.80. The maximum absolute atomic E-state index is 11.5. The van der Waals surface area contributed by atoms with Gasteiger partial charge in [0.25, 0.3) is 0 Å². The van der Waals surface area contributed by atoms with Gasteiger partial charge in [0.2, 0.25) is 0 Å². The fourth-order valence-electron chi connectivity index (χ4n) is 2.75. The molecule has 1 aliphatic heterocycles. The number of carboxylic acid groups (broad SMARTS) is 2. The number of carbonyl (C=O) groups is 2. The van der Waals surface area contributed by atoms with Crippen molar-refractivity contribution in [2.45, 2.75) is 46.5 Å². The van der Waals surface area contributed by atoms with Crippen LogP contribution in [0.2, 0.25) is 0 Å². The molecule has 24 heavy (non-hydrogen) atoms. The molecule has 0 bridgehead atoms. The molecule has 1 rings (SSSR count). The Bertz CT molecular complexity index is 452. The molecule has 0 spiro atoms. The number of nitrogens with zero attached hydrogens (tertiary/aromatic N) is 1. The molecule has 1 atom stereocenters. The van der Waals surface area contributed by atoms with E-state index in [0.717, 1.165) is 39.3 Å². The quantitative estimate of drug-likeness (QED) is 0.469. The van der Waals surface area contributed by atoms with Crippen molar-refractivity contribution in [1.82, 2.24) is 4.90 Å². The lowest BCUT2D eigenvalue weighted by atomic mass is 9.88. The van der Waals surface area contributed by atoms with Crippen LogP contribution in [0.5, 0.6) is 0 Å².